The molecule has 2 bridgehead atoms. The molecule has 0 aromatic rings. The highest BCUT2D eigenvalue weighted by Gasteiger charge is 2.53. The topological polar surface area (TPSA) is 338 Å². The number of guanidine groups is 1. The standard InChI is InChI=1S/C71H113N5O18S2/c1-42-21-15-14-16-22-44(3)59(88-11)40-53-28-26-50(9)71(87,94-53)65(82)67(84)76-31-18-17-24-54(76)68(85)92-60(46(5)37-52-27-29-56(78)61(39-52)89-12)41-58(80)45(4)36-48(7)63(64(90-13)62(81)47(6)35-42)93-70(86)91-32-34-96-95-33-20-25-55(77)51(10)75-66(83)49(8)38-57(79)43(2)23-19-30-74-69(72)73/h14-16,21-22,36,42-43,45-47,49-54,56,59-61,63-64,78,87H,17-20,23-35,37-41H2,1-13H3,(H,75,83)(H4,72,73,74)/b16-14+,21-15+,44-22+,48-36+/t42-,43+,45-,46-,47-,49-,50-,51+,52+,53+,54+,56-,59+,60+,61-,63-,64+,71-/m1/s1. The van der Waals surface area contributed by atoms with Crippen LogP contribution in [0.25, 0.3) is 0 Å². The Morgan fingerprint density at radius 3 is 2.23 bits per heavy atom. The second kappa shape index (κ2) is 42.0. The van der Waals surface area contributed by atoms with Crippen LogP contribution in [0.15, 0.2) is 52.6 Å². The van der Waals surface area contributed by atoms with E-state index in [0.717, 1.165) is 10.5 Å². The van der Waals surface area contributed by atoms with E-state index >= 15 is 0 Å². The Labute approximate surface area is 577 Å². The molecule has 0 spiro atoms. The second-order valence-electron chi connectivity index (χ2n) is 27.1. The molecule has 1 aliphatic carbocycles. The Morgan fingerprint density at radius 2 is 1.54 bits per heavy atom. The van der Waals surface area contributed by atoms with Crippen LogP contribution in [-0.4, -0.2) is 187 Å². The minimum absolute atomic E-state index is 0.00878. The van der Waals surface area contributed by atoms with Crippen molar-refractivity contribution in [1.82, 2.24) is 10.2 Å². The van der Waals surface area contributed by atoms with Crippen molar-refractivity contribution in [3.8, 4) is 0 Å². The number of ether oxygens (including phenoxy) is 7. The molecular weight excluding hydrogens is 1270 g/mol. The van der Waals surface area contributed by atoms with E-state index in [1.807, 2.05) is 51.2 Å². The zero-order chi connectivity index (χ0) is 71.4. The molecule has 0 unspecified atom stereocenters. The van der Waals surface area contributed by atoms with Gasteiger partial charge in [0, 0.05) is 101 Å². The molecule has 542 valence electrons. The Balaban J connectivity index is 1.54. The number of allylic oxidation sites excluding steroid dienone is 6. The molecule has 18 atom stereocenters. The number of rotatable bonds is 25. The molecule has 7 N–H and O–H groups in total. The lowest BCUT2D eigenvalue weighted by Crippen LogP contribution is -2.61. The molecule has 3 aliphatic heterocycles. The molecule has 3 fully saturated rings. The molecule has 0 aromatic carbocycles. The van der Waals surface area contributed by atoms with Crippen molar-refractivity contribution in [2.45, 2.75) is 239 Å². The van der Waals surface area contributed by atoms with Crippen LogP contribution < -0.4 is 16.8 Å². The Hall–Kier alpha value is -5.28. The first-order valence-electron chi connectivity index (χ1n) is 34.4. The lowest BCUT2D eigenvalue weighted by Gasteiger charge is -2.42. The first-order valence-corrected chi connectivity index (χ1v) is 36.9. The van der Waals surface area contributed by atoms with Gasteiger partial charge in [0.1, 0.15) is 30.3 Å². The van der Waals surface area contributed by atoms with Crippen LogP contribution in [0.2, 0.25) is 0 Å². The number of nitrogens with zero attached hydrogens (tertiary/aromatic N) is 2. The van der Waals surface area contributed by atoms with E-state index < -0.39 is 114 Å². The van der Waals surface area contributed by atoms with Crippen molar-refractivity contribution in [2.24, 2.45) is 63.8 Å². The third-order valence-corrected chi connectivity index (χ3v) is 21.7. The number of aliphatic hydroxyl groups is 2. The van der Waals surface area contributed by atoms with E-state index in [-0.39, 0.29) is 98.0 Å². The summed E-state index contributed by atoms with van der Waals surface area (Å²) in [5, 5.41) is 25.5. The van der Waals surface area contributed by atoms with Crippen molar-refractivity contribution >= 4 is 80.4 Å². The molecule has 96 heavy (non-hydrogen) atoms. The highest BCUT2D eigenvalue weighted by atomic mass is 33.1. The molecule has 2 saturated heterocycles. The van der Waals surface area contributed by atoms with Gasteiger partial charge in [0.2, 0.25) is 11.7 Å². The lowest BCUT2D eigenvalue weighted by molar-refractivity contribution is -0.265. The predicted molar refractivity (Wildman–Crippen MR) is 370 cm³/mol. The molecule has 0 aromatic heterocycles. The summed E-state index contributed by atoms with van der Waals surface area (Å²) in [6, 6.07) is -1.96. The van der Waals surface area contributed by atoms with E-state index in [1.54, 1.807) is 68.8 Å². The number of fused-ring (bicyclic) bond motifs is 3. The zero-order valence-electron chi connectivity index (χ0n) is 59.1. The number of hydrogen-bond acceptors (Lipinski definition) is 21. The number of hydrogen-bond donors (Lipinski definition) is 5. The van der Waals surface area contributed by atoms with Gasteiger partial charge in [0.25, 0.3) is 11.7 Å². The van der Waals surface area contributed by atoms with Crippen LogP contribution in [0, 0.1) is 47.3 Å². The maximum absolute atomic E-state index is 14.7. The third-order valence-electron chi connectivity index (χ3n) is 19.2. The average Bonchev–Trinajstić information content (AvgIpc) is 0.775. The summed E-state index contributed by atoms with van der Waals surface area (Å²) in [6.45, 7) is 17.9. The summed E-state index contributed by atoms with van der Waals surface area (Å²) >= 11 is 0. The van der Waals surface area contributed by atoms with Crippen molar-refractivity contribution in [2.75, 3.05) is 52.5 Å². The van der Waals surface area contributed by atoms with Crippen molar-refractivity contribution in [3.63, 3.8) is 0 Å². The molecule has 2 amide bonds. The number of nitrogens with two attached hydrogens (primary N) is 2. The van der Waals surface area contributed by atoms with Crippen LogP contribution in [0.3, 0.4) is 0 Å². The van der Waals surface area contributed by atoms with Crippen LogP contribution in [0.4, 0.5) is 4.79 Å². The Bertz CT molecular complexity index is 2740. The number of carbonyl (C=O) groups excluding carboxylic acids is 9. The third kappa shape index (κ3) is 26.4. The zero-order valence-corrected chi connectivity index (χ0v) is 60.8. The fraction of sp³-hybridized carbons (Fsp3) is 0.746. The van der Waals surface area contributed by atoms with Crippen LogP contribution in [0.5, 0.6) is 0 Å². The summed E-state index contributed by atoms with van der Waals surface area (Å²) < 4.78 is 41.5. The van der Waals surface area contributed by atoms with Crippen LogP contribution in [0.1, 0.15) is 178 Å². The van der Waals surface area contributed by atoms with E-state index in [0.29, 0.717) is 101 Å². The van der Waals surface area contributed by atoms with Gasteiger partial charge < -0.3 is 65.1 Å². The van der Waals surface area contributed by atoms with E-state index in [2.05, 4.69) is 10.3 Å². The molecule has 3 heterocycles. The van der Waals surface area contributed by atoms with Crippen molar-refractivity contribution in [1.29, 1.82) is 0 Å². The molecule has 4 aliphatic rings. The number of Topliss-reactive ketones (excluding diaryl/α,β-unsaturated/α-hetero) is 5. The lowest BCUT2D eigenvalue weighted by atomic mass is 9.78. The second-order valence-corrected chi connectivity index (χ2v) is 29.9. The van der Waals surface area contributed by atoms with E-state index in [1.165, 1.54) is 28.7 Å². The van der Waals surface area contributed by atoms with Gasteiger partial charge in [-0.15, -0.1) is 0 Å². The summed E-state index contributed by atoms with van der Waals surface area (Å²) in [5.74, 6) is -9.56. The maximum Gasteiger partial charge on any atom is 0.509 e. The minimum atomic E-state index is -2.49. The van der Waals surface area contributed by atoms with Crippen molar-refractivity contribution < 1.29 is 86.5 Å². The number of carbonyl (C=O) groups is 9. The number of esters is 1. The molecule has 1 saturated carbocycles. The fourth-order valence-electron chi connectivity index (χ4n) is 13.0. The highest BCUT2D eigenvalue weighted by Crippen LogP contribution is 2.38. The number of ketones is 5. The van der Waals surface area contributed by atoms with Crippen LogP contribution in [-0.2, 0) is 71.5 Å². The normalized spacial score (nSPS) is 31.9. The van der Waals surface area contributed by atoms with Gasteiger partial charge in [-0.25, -0.2) is 9.59 Å². The quantitative estimate of drug-likeness (QED) is 0.0108. The monoisotopic (exact) mass is 1390 g/mol. The first kappa shape index (κ1) is 83.1. The Kier molecular flexibility index (Phi) is 36.3. The van der Waals surface area contributed by atoms with Gasteiger partial charge in [0.05, 0.1) is 30.5 Å². The maximum atomic E-state index is 14.7. The minimum Gasteiger partial charge on any atom is -0.460 e. The molecule has 4 rings (SSSR count). The SMILES string of the molecule is CO[C@H]1C[C@@H]2CC[C@@H](C)[C@@](O)(O2)C(=O)C(=O)N2CCCC[C@H]2C(=O)O[C@H]([C@H](C)C[C@@H]2CC[C@@H](O)[C@H](OC)C2)CC(=O)[C@H](C)/C=C(\C)[C@@H](OC(=O)OCCSSCCCC(=O)[C@H](C)NC(=O)[C@H](C)CC(=O)[C@@H](C)CCCN=C(N)N)[C@@H](OC)C(=O)[C@H](C)C[C@H](C)/C=C/C=C/C=C/1C. The summed E-state index contributed by atoms with van der Waals surface area (Å²) in [6.07, 6.45) is 10.6. The molecule has 25 heteroatoms. The predicted octanol–water partition coefficient (Wildman–Crippen LogP) is 8.86. The molecule has 23 nitrogen and oxygen atoms in total. The van der Waals surface area contributed by atoms with E-state index in [9.17, 15) is 53.4 Å². The number of methoxy groups -OCH3 is 3. The summed E-state index contributed by atoms with van der Waals surface area (Å²) in [5.41, 5.74) is 11.9. The average molecular weight is 1390 g/mol. The number of cyclic esters (lactones) is 1. The fourth-order valence-corrected chi connectivity index (χ4v) is 14.9. The van der Waals surface area contributed by atoms with Gasteiger partial charge in [-0.3, -0.25) is 38.6 Å². The number of amides is 2. The number of aliphatic hydroxyl groups excluding tert-OH is 1. The molecule has 0 radical (unpaired) electrons. The van der Waals surface area contributed by atoms with Gasteiger partial charge in [0.15, 0.2) is 29.7 Å². The van der Waals surface area contributed by atoms with Gasteiger partial charge >= 0.3 is 12.1 Å². The van der Waals surface area contributed by atoms with Gasteiger partial charge in [-0.1, -0.05) is 107 Å². The summed E-state index contributed by atoms with van der Waals surface area (Å²) in [4.78, 5) is 130. The summed E-state index contributed by atoms with van der Waals surface area (Å²) in [7, 11) is 7.33. The van der Waals surface area contributed by atoms with E-state index in [4.69, 9.17) is 44.6 Å². The number of aliphatic imine (C=N–C) groups is 1. The van der Waals surface area contributed by atoms with Gasteiger partial charge in [-0.2, -0.15) is 0 Å². The van der Waals surface area contributed by atoms with Crippen molar-refractivity contribution in [3.05, 3.63) is 47.6 Å². The number of nitrogens with one attached hydrogen (secondary N) is 1. The highest BCUT2D eigenvalue weighted by molar-refractivity contribution is 8.76. The van der Waals surface area contributed by atoms with Crippen LogP contribution >= 0.6 is 21.6 Å². The Morgan fingerprint density at radius 1 is 0.823 bits per heavy atom. The smallest absolute Gasteiger partial charge is 0.460 e. The first-order chi connectivity index (χ1) is 45.5. The largest absolute Gasteiger partial charge is 0.509 e. The van der Waals surface area contributed by atoms with Gasteiger partial charge in [-0.05, 0) is 133 Å². The molecular formula is C71H113N5O18S2. The number of piperidine rings is 1.